The summed E-state index contributed by atoms with van der Waals surface area (Å²) in [5.74, 6) is 0.718. The number of nitrogens with two attached hydrogens (primary N) is 1. The molecule has 6 rings (SSSR count). The molecule has 6 heteroatoms. The maximum Gasteiger partial charge on any atom is 0.252 e. The molecule has 1 aromatic carbocycles. The Kier molecular flexibility index (Phi) is 3.02. The minimum absolute atomic E-state index is 0.0428. The van der Waals surface area contributed by atoms with Crippen molar-refractivity contribution in [1.29, 1.82) is 0 Å². The SMILES string of the molecule is C[N+]1(CC2CC2)CC[C@]23c4c5ccc(C(N)=O)c4O[C@@H]2C(=O)CC[C@@]3(O)[C@H]1C5. The summed E-state index contributed by atoms with van der Waals surface area (Å²) in [5.41, 5.74) is 6.24. The fourth-order valence-electron chi connectivity index (χ4n) is 7.15. The zero-order valence-electron chi connectivity index (χ0n) is 16.2. The van der Waals surface area contributed by atoms with Crippen molar-refractivity contribution in [3.63, 3.8) is 0 Å². The highest BCUT2D eigenvalue weighted by atomic mass is 16.5. The number of likely N-dealkylation sites (tertiary alicyclic amines) is 1. The normalized spacial score (nSPS) is 42.7. The van der Waals surface area contributed by atoms with Gasteiger partial charge in [-0.15, -0.1) is 0 Å². The average molecular weight is 383 g/mol. The Bertz CT molecular complexity index is 941. The van der Waals surface area contributed by atoms with Gasteiger partial charge >= 0.3 is 0 Å². The van der Waals surface area contributed by atoms with Crippen LogP contribution in [0.2, 0.25) is 0 Å². The van der Waals surface area contributed by atoms with E-state index in [0.717, 1.165) is 41.0 Å². The average Bonchev–Trinajstić information content (AvgIpc) is 3.37. The zero-order chi connectivity index (χ0) is 19.5. The first-order valence-electron chi connectivity index (χ1n) is 10.5. The third-order valence-electron chi connectivity index (χ3n) is 8.56. The standard InChI is InChI=1S/C22H26N2O4/c1-24(11-12-2-3-12)9-8-21-17-13-4-5-14(20(23)26)18(17)28-19(21)15(25)6-7-22(21,27)16(24)10-13/h4-5,12,16,19,27H,2-3,6-11H2,1H3,(H-,23,26)/p+1/t16-,19-,21+,22-,24?/m1/s1. The van der Waals surface area contributed by atoms with Crippen LogP contribution in [0.4, 0.5) is 0 Å². The second-order valence-corrected chi connectivity index (χ2v) is 10.00. The van der Waals surface area contributed by atoms with Crippen LogP contribution in [-0.4, -0.2) is 59.2 Å². The Morgan fingerprint density at radius 1 is 1.36 bits per heavy atom. The van der Waals surface area contributed by atoms with Crippen LogP contribution in [-0.2, 0) is 16.6 Å². The molecule has 0 aromatic heterocycles. The number of nitrogens with zero attached hydrogens (tertiary/aromatic N) is 1. The van der Waals surface area contributed by atoms with Gasteiger partial charge in [-0.25, -0.2) is 0 Å². The number of primary amides is 1. The number of ketones is 1. The minimum atomic E-state index is -0.984. The lowest BCUT2D eigenvalue weighted by molar-refractivity contribution is -0.950. The van der Waals surface area contributed by atoms with E-state index in [4.69, 9.17) is 10.5 Å². The predicted octanol–water partition coefficient (Wildman–Crippen LogP) is 1.06. The van der Waals surface area contributed by atoms with E-state index in [1.165, 1.54) is 12.8 Å². The van der Waals surface area contributed by atoms with Crippen molar-refractivity contribution in [3.8, 4) is 5.75 Å². The predicted molar refractivity (Wildman–Crippen MR) is 101 cm³/mol. The van der Waals surface area contributed by atoms with Gasteiger partial charge in [-0.2, -0.15) is 0 Å². The van der Waals surface area contributed by atoms with Crippen molar-refractivity contribution in [2.24, 2.45) is 11.7 Å². The molecule has 1 unspecified atom stereocenters. The van der Waals surface area contributed by atoms with Crippen LogP contribution in [0, 0.1) is 5.92 Å². The van der Waals surface area contributed by atoms with Gasteiger partial charge in [0.25, 0.3) is 5.91 Å². The molecule has 148 valence electrons. The Balaban J connectivity index is 1.60. The van der Waals surface area contributed by atoms with E-state index in [9.17, 15) is 14.7 Å². The fraction of sp³-hybridized carbons (Fsp3) is 0.636. The Morgan fingerprint density at radius 3 is 2.86 bits per heavy atom. The van der Waals surface area contributed by atoms with Crippen molar-refractivity contribution in [3.05, 3.63) is 28.8 Å². The molecule has 1 saturated heterocycles. The van der Waals surface area contributed by atoms with Crippen LogP contribution in [0.3, 0.4) is 0 Å². The highest BCUT2D eigenvalue weighted by Crippen LogP contribution is 2.65. The molecular weight excluding hydrogens is 356 g/mol. The molecule has 2 aliphatic heterocycles. The molecule has 1 aromatic rings. The molecule has 3 fully saturated rings. The number of likely N-dealkylation sites (N-methyl/N-ethyl adjacent to an activating group) is 1. The first kappa shape index (κ1) is 17.0. The number of rotatable bonds is 3. The third-order valence-corrected chi connectivity index (χ3v) is 8.56. The first-order valence-corrected chi connectivity index (χ1v) is 10.5. The number of ether oxygens (including phenoxy) is 1. The molecule has 1 amide bonds. The molecule has 28 heavy (non-hydrogen) atoms. The van der Waals surface area contributed by atoms with Crippen LogP contribution in [0.25, 0.3) is 0 Å². The summed E-state index contributed by atoms with van der Waals surface area (Å²) >= 11 is 0. The highest BCUT2D eigenvalue weighted by molar-refractivity contribution is 5.98. The Morgan fingerprint density at radius 2 is 2.14 bits per heavy atom. The molecule has 0 radical (unpaired) electrons. The Hall–Kier alpha value is -1.92. The largest absolute Gasteiger partial charge is 0.480 e. The van der Waals surface area contributed by atoms with Gasteiger partial charge in [0.05, 0.1) is 31.1 Å². The first-order chi connectivity index (χ1) is 13.3. The van der Waals surface area contributed by atoms with Crippen molar-refractivity contribution in [1.82, 2.24) is 0 Å². The van der Waals surface area contributed by atoms with Crippen LogP contribution in [0.5, 0.6) is 5.75 Å². The summed E-state index contributed by atoms with van der Waals surface area (Å²) in [7, 11) is 2.29. The highest BCUT2D eigenvalue weighted by Gasteiger charge is 2.76. The van der Waals surface area contributed by atoms with Gasteiger partial charge in [0.1, 0.15) is 17.4 Å². The molecule has 2 bridgehead atoms. The number of hydrogen-bond donors (Lipinski definition) is 2. The van der Waals surface area contributed by atoms with Crippen molar-refractivity contribution in [2.75, 3.05) is 20.1 Å². The van der Waals surface area contributed by atoms with E-state index in [2.05, 4.69) is 7.05 Å². The number of hydrogen-bond acceptors (Lipinski definition) is 4. The molecule has 6 nitrogen and oxygen atoms in total. The van der Waals surface area contributed by atoms with Crippen LogP contribution in [0.15, 0.2) is 12.1 Å². The summed E-state index contributed by atoms with van der Waals surface area (Å²) in [6, 6.07) is 3.77. The zero-order valence-corrected chi connectivity index (χ0v) is 16.2. The van der Waals surface area contributed by atoms with Gasteiger partial charge in [-0.1, -0.05) is 6.07 Å². The van der Waals surface area contributed by atoms with Gasteiger partial charge in [-0.05, 0) is 30.9 Å². The number of carbonyl (C=O) groups excluding carboxylic acids is 2. The number of quaternary nitrogens is 1. The topological polar surface area (TPSA) is 89.6 Å². The number of benzene rings is 1. The summed E-state index contributed by atoms with van der Waals surface area (Å²) in [6.07, 6.45) is 4.16. The third kappa shape index (κ3) is 1.77. The van der Waals surface area contributed by atoms with Gasteiger partial charge in [0.2, 0.25) is 0 Å². The van der Waals surface area contributed by atoms with Gasteiger partial charge in [0, 0.05) is 30.7 Å². The summed E-state index contributed by atoms with van der Waals surface area (Å²) < 4.78 is 7.06. The lowest BCUT2D eigenvalue weighted by atomic mass is 9.48. The van der Waals surface area contributed by atoms with E-state index < -0.39 is 23.0 Å². The maximum absolute atomic E-state index is 12.9. The lowest BCUT2D eigenvalue weighted by Crippen LogP contribution is -2.80. The summed E-state index contributed by atoms with van der Waals surface area (Å²) in [5, 5.41) is 12.3. The van der Waals surface area contributed by atoms with E-state index in [1.54, 1.807) is 6.07 Å². The minimum Gasteiger partial charge on any atom is -0.480 e. The monoisotopic (exact) mass is 383 g/mol. The smallest absolute Gasteiger partial charge is 0.252 e. The van der Waals surface area contributed by atoms with Crippen molar-refractivity contribution in [2.45, 2.75) is 61.7 Å². The number of Topliss-reactive ketones (excluding diaryl/α,β-unsaturated/α-hetero) is 1. The van der Waals surface area contributed by atoms with Crippen LogP contribution < -0.4 is 10.5 Å². The molecule has 5 atom stereocenters. The van der Waals surface area contributed by atoms with Gasteiger partial charge in [-0.3, -0.25) is 9.59 Å². The van der Waals surface area contributed by atoms with Gasteiger partial charge in [0.15, 0.2) is 11.9 Å². The van der Waals surface area contributed by atoms with Crippen molar-refractivity contribution < 1.29 is 23.9 Å². The summed E-state index contributed by atoms with van der Waals surface area (Å²) in [4.78, 5) is 25.0. The Labute approximate surface area is 164 Å². The van der Waals surface area contributed by atoms with E-state index in [1.807, 2.05) is 6.07 Å². The number of piperidine rings is 1. The number of aliphatic hydroxyl groups is 1. The molecule has 3 aliphatic carbocycles. The fourth-order valence-corrected chi connectivity index (χ4v) is 7.15. The number of carbonyl (C=O) groups is 2. The van der Waals surface area contributed by atoms with Crippen LogP contribution >= 0.6 is 0 Å². The van der Waals surface area contributed by atoms with Crippen LogP contribution in [0.1, 0.15) is 53.6 Å². The maximum atomic E-state index is 12.9. The van der Waals surface area contributed by atoms with Gasteiger partial charge < -0.3 is 20.1 Å². The van der Waals surface area contributed by atoms with E-state index in [-0.39, 0.29) is 11.8 Å². The molecule has 1 spiro atoms. The quantitative estimate of drug-likeness (QED) is 0.764. The molecular formula is C22H27N2O4+. The summed E-state index contributed by atoms with van der Waals surface area (Å²) in [6.45, 7) is 2.03. The second kappa shape index (κ2) is 4.97. The van der Waals surface area contributed by atoms with Crippen molar-refractivity contribution >= 4 is 11.7 Å². The van der Waals surface area contributed by atoms with E-state index >= 15 is 0 Å². The lowest BCUT2D eigenvalue weighted by Gasteiger charge is -2.64. The van der Waals surface area contributed by atoms with E-state index in [0.29, 0.717) is 30.6 Å². The molecule has 2 saturated carbocycles. The number of amides is 1. The second-order valence-electron chi connectivity index (χ2n) is 10.00. The molecule has 5 aliphatic rings. The molecule has 3 N–H and O–H groups in total. The molecule has 2 heterocycles.